The molecule has 2 aliphatic rings. The van der Waals surface area contributed by atoms with Crippen LogP contribution >= 0.6 is 0 Å². The van der Waals surface area contributed by atoms with Crippen molar-refractivity contribution in [3.05, 3.63) is 0 Å². The molecule has 0 saturated carbocycles. The van der Waals surface area contributed by atoms with Crippen molar-refractivity contribution >= 4 is 11.9 Å². The van der Waals surface area contributed by atoms with Gasteiger partial charge >= 0.3 is 5.97 Å². The summed E-state index contributed by atoms with van der Waals surface area (Å²) in [6.07, 6.45) is 4.27. The number of likely N-dealkylation sites (tertiary alicyclic amines) is 1. The number of carbonyl (C=O) groups is 2. The van der Waals surface area contributed by atoms with Crippen LogP contribution in [0, 0.1) is 0 Å². The number of hydrogen-bond donors (Lipinski definition) is 1. The van der Waals surface area contributed by atoms with E-state index in [-0.39, 0.29) is 17.9 Å². The first-order valence-corrected chi connectivity index (χ1v) is 6.78. The Bertz CT molecular complexity index is 337. The molecule has 0 aromatic heterocycles. The average molecular weight is 254 g/mol. The summed E-state index contributed by atoms with van der Waals surface area (Å²) < 4.78 is 4.79. The van der Waals surface area contributed by atoms with Gasteiger partial charge in [-0.25, -0.2) is 4.79 Å². The highest BCUT2D eigenvalue weighted by Crippen LogP contribution is 2.29. The fraction of sp³-hybridized carbons (Fsp3) is 0.846. The quantitative estimate of drug-likeness (QED) is 0.753. The molecule has 1 amide bonds. The van der Waals surface area contributed by atoms with E-state index in [2.05, 4.69) is 5.32 Å². The Morgan fingerprint density at radius 1 is 1.44 bits per heavy atom. The third-order valence-electron chi connectivity index (χ3n) is 4.24. The third kappa shape index (κ3) is 2.11. The molecule has 0 radical (unpaired) electrons. The van der Waals surface area contributed by atoms with Crippen LogP contribution in [-0.2, 0) is 14.3 Å². The average Bonchev–Trinajstić information content (AvgIpc) is 3.06. The van der Waals surface area contributed by atoms with Gasteiger partial charge in [0.25, 0.3) is 0 Å². The smallest absolute Gasteiger partial charge is 0.328 e. The number of nitrogens with one attached hydrogen (secondary N) is 1. The number of amides is 1. The predicted molar refractivity (Wildman–Crippen MR) is 67.0 cm³/mol. The van der Waals surface area contributed by atoms with Gasteiger partial charge in [-0.2, -0.15) is 0 Å². The van der Waals surface area contributed by atoms with Gasteiger partial charge in [-0.15, -0.1) is 0 Å². The molecule has 2 unspecified atom stereocenters. The Morgan fingerprint density at radius 2 is 2.22 bits per heavy atom. The largest absolute Gasteiger partial charge is 0.467 e. The minimum atomic E-state index is -0.448. The van der Waals surface area contributed by atoms with Crippen LogP contribution in [0.1, 0.15) is 39.0 Å². The van der Waals surface area contributed by atoms with E-state index in [1.807, 2.05) is 6.92 Å². The number of carbonyl (C=O) groups excluding carboxylic acids is 2. The number of nitrogens with zero attached hydrogens (tertiary/aromatic N) is 1. The van der Waals surface area contributed by atoms with Crippen molar-refractivity contribution in [1.82, 2.24) is 10.2 Å². The second kappa shape index (κ2) is 5.26. The van der Waals surface area contributed by atoms with E-state index in [0.717, 1.165) is 38.6 Å². The Kier molecular flexibility index (Phi) is 3.90. The van der Waals surface area contributed by atoms with Crippen LogP contribution in [0.2, 0.25) is 0 Å². The summed E-state index contributed by atoms with van der Waals surface area (Å²) in [5.41, 5.74) is -0.448. The Morgan fingerprint density at radius 3 is 2.78 bits per heavy atom. The molecule has 2 saturated heterocycles. The molecule has 5 nitrogen and oxygen atoms in total. The van der Waals surface area contributed by atoms with Gasteiger partial charge < -0.3 is 15.0 Å². The molecule has 1 N–H and O–H groups in total. The molecule has 2 rings (SSSR count). The van der Waals surface area contributed by atoms with E-state index in [1.165, 1.54) is 7.11 Å². The second-order valence-electron chi connectivity index (χ2n) is 5.15. The van der Waals surface area contributed by atoms with Crippen LogP contribution in [0.15, 0.2) is 0 Å². The fourth-order valence-corrected chi connectivity index (χ4v) is 3.11. The Hall–Kier alpha value is -1.10. The van der Waals surface area contributed by atoms with Crippen molar-refractivity contribution in [2.45, 2.75) is 50.6 Å². The standard InChI is InChI=1S/C13H22N2O3/c1-3-13(7-5-8-14-13)12(17)15-9-4-6-10(15)11(16)18-2/h10,14H,3-9H2,1-2H3. The first kappa shape index (κ1) is 13.3. The molecule has 2 heterocycles. The summed E-state index contributed by atoms with van der Waals surface area (Å²) in [5, 5.41) is 3.33. The Balaban J connectivity index is 2.14. The highest BCUT2D eigenvalue weighted by Gasteiger charge is 2.46. The Labute approximate surface area is 108 Å². The van der Waals surface area contributed by atoms with Gasteiger partial charge in [-0.3, -0.25) is 4.79 Å². The van der Waals surface area contributed by atoms with E-state index in [9.17, 15) is 9.59 Å². The lowest BCUT2D eigenvalue weighted by Gasteiger charge is -2.34. The minimum absolute atomic E-state index is 0.0791. The molecule has 0 aromatic rings. The second-order valence-corrected chi connectivity index (χ2v) is 5.15. The van der Waals surface area contributed by atoms with E-state index in [1.54, 1.807) is 4.90 Å². The van der Waals surface area contributed by atoms with Crippen LogP contribution in [0.25, 0.3) is 0 Å². The summed E-state index contributed by atoms with van der Waals surface area (Å²) in [5.74, 6) is -0.208. The number of methoxy groups -OCH3 is 1. The normalized spacial score (nSPS) is 31.7. The lowest BCUT2D eigenvalue weighted by atomic mass is 9.92. The van der Waals surface area contributed by atoms with Crippen molar-refractivity contribution in [2.75, 3.05) is 20.2 Å². The van der Waals surface area contributed by atoms with Gasteiger partial charge in [0, 0.05) is 6.54 Å². The summed E-state index contributed by atoms with van der Waals surface area (Å²) in [6.45, 7) is 3.58. The molecule has 102 valence electrons. The van der Waals surface area contributed by atoms with Crippen LogP contribution < -0.4 is 5.32 Å². The lowest BCUT2D eigenvalue weighted by Crippen LogP contribution is -2.57. The van der Waals surface area contributed by atoms with Gasteiger partial charge in [-0.1, -0.05) is 6.92 Å². The molecule has 5 heteroatoms. The molecular weight excluding hydrogens is 232 g/mol. The van der Waals surface area contributed by atoms with Crippen molar-refractivity contribution in [2.24, 2.45) is 0 Å². The van der Waals surface area contributed by atoms with Gasteiger partial charge in [0.1, 0.15) is 6.04 Å². The highest BCUT2D eigenvalue weighted by atomic mass is 16.5. The number of esters is 1. The van der Waals surface area contributed by atoms with E-state index in [4.69, 9.17) is 4.74 Å². The zero-order chi connectivity index (χ0) is 13.2. The number of rotatable bonds is 3. The summed E-state index contributed by atoms with van der Waals surface area (Å²) in [4.78, 5) is 26.1. The predicted octanol–water partition coefficient (Wildman–Crippen LogP) is 0.683. The van der Waals surface area contributed by atoms with Crippen molar-refractivity contribution in [3.8, 4) is 0 Å². The maximum atomic E-state index is 12.7. The monoisotopic (exact) mass is 254 g/mol. The maximum Gasteiger partial charge on any atom is 0.328 e. The minimum Gasteiger partial charge on any atom is -0.467 e. The lowest BCUT2D eigenvalue weighted by molar-refractivity contribution is -0.153. The van der Waals surface area contributed by atoms with Crippen LogP contribution in [0.3, 0.4) is 0 Å². The van der Waals surface area contributed by atoms with E-state index >= 15 is 0 Å². The highest BCUT2D eigenvalue weighted by molar-refractivity contribution is 5.91. The van der Waals surface area contributed by atoms with Crippen molar-refractivity contribution in [1.29, 1.82) is 0 Å². The van der Waals surface area contributed by atoms with Crippen molar-refractivity contribution < 1.29 is 14.3 Å². The number of hydrogen-bond acceptors (Lipinski definition) is 4. The first-order valence-electron chi connectivity index (χ1n) is 6.78. The topological polar surface area (TPSA) is 58.6 Å². The van der Waals surface area contributed by atoms with E-state index < -0.39 is 5.54 Å². The SMILES string of the molecule is CCC1(C(=O)N2CCCC2C(=O)OC)CCCN1. The molecule has 0 aromatic carbocycles. The molecule has 2 fully saturated rings. The van der Waals surface area contributed by atoms with Crippen LogP contribution in [0.4, 0.5) is 0 Å². The van der Waals surface area contributed by atoms with Crippen LogP contribution in [-0.4, -0.2) is 48.6 Å². The number of ether oxygens (including phenoxy) is 1. The fourth-order valence-electron chi connectivity index (χ4n) is 3.11. The first-order chi connectivity index (χ1) is 8.64. The maximum absolute atomic E-state index is 12.7. The summed E-state index contributed by atoms with van der Waals surface area (Å²) >= 11 is 0. The van der Waals surface area contributed by atoms with Gasteiger partial charge in [0.05, 0.1) is 12.6 Å². The van der Waals surface area contributed by atoms with Gasteiger partial charge in [0.15, 0.2) is 0 Å². The molecule has 0 spiro atoms. The van der Waals surface area contributed by atoms with Gasteiger partial charge in [0.2, 0.25) is 5.91 Å². The zero-order valence-electron chi connectivity index (χ0n) is 11.2. The summed E-state index contributed by atoms with van der Waals surface area (Å²) in [7, 11) is 1.38. The van der Waals surface area contributed by atoms with Gasteiger partial charge in [-0.05, 0) is 38.6 Å². The third-order valence-corrected chi connectivity index (χ3v) is 4.24. The molecule has 2 aliphatic heterocycles. The zero-order valence-corrected chi connectivity index (χ0v) is 11.2. The summed E-state index contributed by atoms with van der Waals surface area (Å²) in [6, 6.07) is -0.381. The van der Waals surface area contributed by atoms with Crippen molar-refractivity contribution in [3.63, 3.8) is 0 Å². The molecule has 0 aliphatic carbocycles. The molecule has 0 bridgehead atoms. The van der Waals surface area contributed by atoms with E-state index in [0.29, 0.717) is 6.54 Å². The molecule has 2 atom stereocenters. The van der Waals surface area contributed by atoms with Crippen LogP contribution in [0.5, 0.6) is 0 Å². The molecular formula is C13H22N2O3. The molecule has 18 heavy (non-hydrogen) atoms.